The van der Waals surface area contributed by atoms with Gasteiger partial charge in [-0.15, -0.1) is 0 Å². The summed E-state index contributed by atoms with van der Waals surface area (Å²) < 4.78 is 0.253. The highest BCUT2D eigenvalue weighted by Crippen LogP contribution is 2.25. The third-order valence-electron chi connectivity index (χ3n) is 7.22. The lowest BCUT2D eigenvalue weighted by molar-refractivity contribution is -0.935. The molecule has 0 amide bonds. The number of aliphatic carboxylic acids is 3. The van der Waals surface area contributed by atoms with Gasteiger partial charge in [0.15, 0.2) is 0 Å². The van der Waals surface area contributed by atoms with Crippen LogP contribution in [0, 0.1) is 17.8 Å². The Kier molecular flexibility index (Phi) is 18.3. The number of quaternary nitrogens is 1. The fourth-order valence-corrected chi connectivity index (χ4v) is 4.86. The van der Waals surface area contributed by atoms with E-state index in [4.69, 9.17) is 0 Å². The number of hydrogen-bond acceptors (Lipinski definition) is 3. The molecule has 0 aromatic heterocycles. The molecule has 0 bridgehead atoms. The van der Waals surface area contributed by atoms with E-state index in [1.54, 1.807) is 0 Å². The molecule has 0 aromatic rings. The lowest BCUT2D eigenvalue weighted by Crippen LogP contribution is -2.58. The van der Waals surface area contributed by atoms with Crippen molar-refractivity contribution >= 4 is 17.9 Å². The second-order valence-corrected chi connectivity index (χ2v) is 10.1. The van der Waals surface area contributed by atoms with E-state index in [-0.39, 0.29) is 24.1 Å². The monoisotopic (exact) mass is 498 g/mol. The van der Waals surface area contributed by atoms with Crippen LogP contribution in [0.3, 0.4) is 0 Å². The van der Waals surface area contributed by atoms with Gasteiger partial charge in [0, 0.05) is 0 Å². The largest absolute Gasteiger partial charge is 0.481 e. The summed E-state index contributed by atoms with van der Waals surface area (Å²) in [5.74, 6) is -4.53. The minimum absolute atomic E-state index is 0.253. The Morgan fingerprint density at radius 2 is 0.971 bits per heavy atom. The SMILES string of the molecule is CCC/C=C/CCCCCCCC[N+](CC(CC)C(=O)O)(CC(CC)C(=O)O)CC(CC)C(=O)O. The Balaban J connectivity index is 5.35. The highest BCUT2D eigenvalue weighted by atomic mass is 16.4. The summed E-state index contributed by atoms with van der Waals surface area (Å²) in [7, 11) is 0. The molecular weight excluding hydrogens is 446 g/mol. The van der Waals surface area contributed by atoms with Gasteiger partial charge in [0.25, 0.3) is 0 Å². The lowest BCUT2D eigenvalue weighted by Gasteiger charge is -2.43. The van der Waals surface area contributed by atoms with Crippen molar-refractivity contribution in [1.29, 1.82) is 0 Å². The lowest BCUT2D eigenvalue weighted by atomic mass is 9.95. The molecule has 3 unspecified atom stereocenters. The molecule has 7 nitrogen and oxygen atoms in total. The van der Waals surface area contributed by atoms with Gasteiger partial charge in [-0.2, -0.15) is 0 Å². The highest BCUT2D eigenvalue weighted by molar-refractivity contribution is 5.71. The maximum absolute atomic E-state index is 11.9. The molecule has 0 aliphatic rings. The second kappa shape index (κ2) is 19.3. The first-order valence-electron chi connectivity index (χ1n) is 13.8. The molecule has 0 aliphatic carbocycles. The molecule has 204 valence electrons. The van der Waals surface area contributed by atoms with Gasteiger partial charge in [-0.3, -0.25) is 14.4 Å². The molecule has 0 heterocycles. The molecular formula is C28H52NO6+. The van der Waals surface area contributed by atoms with E-state index in [0.29, 0.717) is 25.8 Å². The molecule has 3 atom stereocenters. The third-order valence-corrected chi connectivity index (χ3v) is 7.22. The summed E-state index contributed by atoms with van der Waals surface area (Å²) in [6, 6.07) is 0. The van der Waals surface area contributed by atoms with Crippen LogP contribution in [0.5, 0.6) is 0 Å². The van der Waals surface area contributed by atoms with Crippen LogP contribution in [-0.4, -0.2) is 63.9 Å². The first-order valence-corrected chi connectivity index (χ1v) is 13.8. The van der Waals surface area contributed by atoms with Crippen LogP contribution in [-0.2, 0) is 14.4 Å². The highest BCUT2D eigenvalue weighted by Gasteiger charge is 2.40. The molecule has 0 saturated heterocycles. The Morgan fingerprint density at radius 1 is 0.600 bits per heavy atom. The number of allylic oxidation sites excluding steroid dienone is 2. The molecule has 0 fully saturated rings. The number of nitrogens with zero attached hydrogens (tertiary/aromatic N) is 1. The van der Waals surface area contributed by atoms with Crippen molar-refractivity contribution in [3.05, 3.63) is 12.2 Å². The number of rotatable bonds is 23. The minimum Gasteiger partial charge on any atom is -0.481 e. The zero-order valence-electron chi connectivity index (χ0n) is 22.7. The van der Waals surface area contributed by atoms with Gasteiger partial charge in [-0.05, 0) is 51.4 Å². The van der Waals surface area contributed by atoms with Crippen molar-refractivity contribution in [3.63, 3.8) is 0 Å². The van der Waals surface area contributed by atoms with Crippen LogP contribution in [0.4, 0.5) is 0 Å². The van der Waals surface area contributed by atoms with Crippen LogP contribution < -0.4 is 0 Å². The van der Waals surface area contributed by atoms with Crippen molar-refractivity contribution in [1.82, 2.24) is 0 Å². The molecule has 0 rings (SSSR count). The van der Waals surface area contributed by atoms with E-state index in [1.807, 2.05) is 20.8 Å². The van der Waals surface area contributed by atoms with Crippen molar-refractivity contribution in [3.8, 4) is 0 Å². The van der Waals surface area contributed by atoms with Gasteiger partial charge in [-0.1, -0.05) is 65.5 Å². The van der Waals surface area contributed by atoms with Crippen LogP contribution in [0.2, 0.25) is 0 Å². The van der Waals surface area contributed by atoms with Gasteiger partial charge in [0.2, 0.25) is 0 Å². The Labute approximate surface area is 213 Å². The molecule has 0 saturated carbocycles. The number of carbonyl (C=O) groups is 3. The quantitative estimate of drug-likeness (QED) is 0.0875. The zero-order valence-corrected chi connectivity index (χ0v) is 22.7. The van der Waals surface area contributed by atoms with Gasteiger partial charge >= 0.3 is 17.9 Å². The number of carboxylic acid groups (broad SMARTS) is 3. The molecule has 0 radical (unpaired) electrons. The van der Waals surface area contributed by atoms with E-state index in [0.717, 1.165) is 38.5 Å². The van der Waals surface area contributed by atoms with Gasteiger partial charge in [0.1, 0.15) is 17.8 Å². The first kappa shape index (κ1) is 33.1. The molecule has 3 N–H and O–H groups in total. The average molecular weight is 499 g/mol. The van der Waals surface area contributed by atoms with Crippen LogP contribution in [0.1, 0.15) is 105 Å². The summed E-state index contributed by atoms with van der Waals surface area (Å²) >= 11 is 0. The maximum atomic E-state index is 11.9. The Hall–Kier alpha value is -1.89. The van der Waals surface area contributed by atoms with Crippen molar-refractivity contribution < 1.29 is 34.2 Å². The van der Waals surface area contributed by atoms with Gasteiger partial charge < -0.3 is 19.8 Å². The van der Waals surface area contributed by atoms with Crippen molar-refractivity contribution in [2.45, 2.75) is 105 Å². The normalized spacial score (nSPS) is 16.0. The fourth-order valence-electron chi connectivity index (χ4n) is 4.86. The van der Waals surface area contributed by atoms with E-state index < -0.39 is 35.7 Å². The summed E-state index contributed by atoms with van der Waals surface area (Å²) in [5.41, 5.74) is 0. The van der Waals surface area contributed by atoms with Crippen molar-refractivity contribution in [2.24, 2.45) is 17.8 Å². The predicted octanol–water partition coefficient (Wildman–Crippen LogP) is 6.22. The Morgan fingerprint density at radius 3 is 1.34 bits per heavy atom. The van der Waals surface area contributed by atoms with Gasteiger partial charge in [0.05, 0.1) is 26.2 Å². The predicted molar refractivity (Wildman–Crippen MR) is 140 cm³/mol. The Bertz CT molecular complexity index is 573. The molecule has 0 aliphatic heterocycles. The summed E-state index contributed by atoms with van der Waals surface area (Å²) in [4.78, 5) is 35.7. The van der Waals surface area contributed by atoms with E-state index in [1.165, 1.54) is 19.3 Å². The van der Waals surface area contributed by atoms with E-state index in [2.05, 4.69) is 19.1 Å². The molecule has 7 heteroatoms. The van der Waals surface area contributed by atoms with Crippen LogP contribution >= 0.6 is 0 Å². The number of unbranched alkanes of at least 4 members (excludes halogenated alkanes) is 7. The standard InChI is InChI=1S/C28H51NO6/c1-5-9-10-11-12-13-14-15-16-17-18-19-29(20-23(6-2)26(30)31,21-24(7-3)27(32)33)22-25(8-4)28(34)35/h10-11,23-25H,5-9,12-22H2,1-4H3,(H2-,30,31,32,33,34,35)/p+1/b11-10+. The smallest absolute Gasteiger partial charge is 0.312 e. The van der Waals surface area contributed by atoms with Gasteiger partial charge in [-0.25, -0.2) is 0 Å². The number of carboxylic acids is 3. The number of hydrogen-bond donors (Lipinski definition) is 3. The summed E-state index contributed by atoms with van der Waals surface area (Å²) in [6.45, 7) is 9.12. The first-order chi connectivity index (χ1) is 16.7. The topological polar surface area (TPSA) is 112 Å². The summed E-state index contributed by atoms with van der Waals surface area (Å²) in [5, 5.41) is 29.3. The van der Waals surface area contributed by atoms with E-state index >= 15 is 0 Å². The van der Waals surface area contributed by atoms with E-state index in [9.17, 15) is 29.7 Å². The molecule has 0 aromatic carbocycles. The molecule has 35 heavy (non-hydrogen) atoms. The minimum atomic E-state index is -0.894. The maximum Gasteiger partial charge on any atom is 0.312 e. The van der Waals surface area contributed by atoms with Crippen LogP contribution in [0.25, 0.3) is 0 Å². The van der Waals surface area contributed by atoms with Crippen LogP contribution in [0.15, 0.2) is 12.2 Å². The second-order valence-electron chi connectivity index (χ2n) is 10.1. The third kappa shape index (κ3) is 14.3. The molecule has 0 spiro atoms. The zero-order chi connectivity index (χ0) is 26.7. The fraction of sp³-hybridized carbons (Fsp3) is 0.821. The summed E-state index contributed by atoms with van der Waals surface area (Å²) in [6.07, 6.45) is 15.7. The average Bonchev–Trinajstić information content (AvgIpc) is 2.82. The van der Waals surface area contributed by atoms with Crippen molar-refractivity contribution in [2.75, 3.05) is 26.2 Å².